The predicted molar refractivity (Wildman–Crippen MR) is 67.2 cm³/mol. The van der Waals surface area contributed by atoms with Gasteiger partial charge < -0.3 is 9.47 Å². The van der Waals surface area contributed by atoms with Gasteiger partial charge in [-0.2, -0.15) is 0 Å². The van der Waals surface area contributed by atoms with Gasteiger partial charge in [-0.05, 0) is 24.1 Å². The molecule has 2 nitrogen and oxygen atoms in total. The molecule has 0 aliphatic rings. The number of halogens is 1. The summed E-state index contributed by atoms with van der Waals surface area (Å²) in [7, 11) is 1.61. The van der Waals surface area contributed by atoms with E-state index in [0.29, 0.717) is 17.4 Å². The van der Waals surface area contributed by atoms with Crippen molar-refractivity contribution in [2.45, 2.75) is 32.8 Å². The molecule has 0 unspecified atom stereocenters. The van der Waals surface area contributed by atoms with Crippen LogP contribution in [0.5, 0.6) is 5.75 Å². The van der Waals surface area contributed by atoms with E-state index < -0.39 is 0 Å². The average molecular weight is 243 g/mol. The monoisotopic (exact) mass is 242 g/mol. The molecule has 0 fully saturated rings. The van der Waals surface area contributed by atoms with Crippen LogP contribution in [0.4, 0.5) is 0 Å². The summed E-state index contributed by atoms with van der Waals surface area (Å²) in [6.45, 7) is 3.62. The van der Waals surface area contributed by atoms with Gasteiger partial charge in [-0.25, -0.2) is 0 Å². The molecule has 0 radical (unpaired) electrons. The second-order valence-electron chi connectivity index (χ2n) is 3.73. The van der Waals surface area contributed by atoms with Crippen LogP contribution in [-0.4, -0.2) is 13.7 Å². The predicted octanol–water partition coefficient (Wildman–Crippen LogP) is 4.06. The van der Waals surface area contributed by atoms with E-state index >= 15 is 0 Å². The second-order valence-corrected chi connectivity index (χ2v) is 4.14. The maximum Gasteiger partial charge on any atom is 0.137 e. The third-order valence-corrected chi connectivity index (χ3v) is 2.67. The molecule has 3 heteroatoms. The van der Waals surface area contributed by atoms with Gasteiger partial charge in [0.2, 0.25) is 0 Å². The van der Waals surface area contributed by atoms with Crippen molar-refractivity contribution < 1.29 is 9.47 Å². The Morgan fingerprint density at radius 3 is 2.69 bits per heavy atom. The smallest absolute Gasteiger partial charge is 0.137 e. The van der Waals surface area contributed by atoms with Crippen LogP contribution in [0.2, 0.25) is 5.02 Å². The summed E-state index contributed by atoms with van der Waals surface area (Å²) in [5.74, 6) is 0.705. The minimum absolute atomic E-state index is 0.618. The summed E-state index contributed by atoms with van der Waals surface area (Å²) >= 11 is 6.01. The number of ether oxygens (including phenoxy) is 2. The molecule has 0 saturated carbocycles. The fourth-order valence-electron chi connectivity index (χ4n) is 1.44. The lowest BCUT2D eigenvalue weighted by molar-refractivity contribution is 0.117. The highest BCUT2D eigenvalue weighted by molar-refractivity contribution is 6.32. The van der Waals surface area contributed by atoms with E-state index in [1.165, 1.54) is 12.8 Å². The zero-order valence-corrected chi connectivity index (χ0v) is 10.7. The van der Waals surface area contributed by atoms with Crippen LogP contribution in [0, 0.1) is 0 Å². The highest BCUT2D eigenvalue weighted by Crippen LogP contribution is 2.25. The number of unbranched alkanes of at least 4 members (excludes halogenated alkanes) is 2. The summed E-state index contributed by atoms with van der Waals surface area (Å²) < 4.78 is 10.6. The van der Waals surface area contributed by atoms with Crippen molar-refractivity contribution in [3.8, 4) is 5.75 Å². The number of rotatable bonds is 7. The van der Waals surface area contributed by atoms with Gasteiger partial charge in [0.1, 0.15) is 5.75 Å². The molecular weight excluding hydrogens is 224 g/mol. The van der Waals surface area contributed by atoms with Crippen molar-refractivity contribution in [1.29, 1.82) is 0 Å². The summed E-state index contributed by atoms with van der Waals surface area (Å²) in [6.07, 6.45) is 3.57. The van der Waals surface area contributed by atoms with Gasteiger partial charge in [0, 0.05) is 6.61 Å². The lowest BCUT2D eigenvalue weighted by Crippen LogP contribution is -1.96. The van der Waals surface area contributed by atoms with Gasteiger partial charge in [-0.3, -0.25) is 0 Å². The fraction of sp³-hybridized carbons (Fsp3) is 0.538. The third kappa shape index (κ3) is 4.42. The molecule has 0 aromatic heterocycles. The molecule has 0 aliphatic carbocycles. The lowest BCUT2D eigenvalue weighted by atomic mass is 10.2. The van der Waals surface area contributed by atoms with E-state index in [9.17, 15) is 0 Å². The standard InChI is InChI=1S/C13H19ClO2/c1-3-4-5-8-16-10-11-6-7-13(15-2)12(14)9-11/h6-7,9H,3-5,8,10H2,1-2H3. The van der Waals surface area contributed by atoms with Crippen LogP contribution in [0.15, 0.2) is 18.2 Å². The van der Waals surface area contributed by atoms with Crippen LogP contribution in [-0.2, 0) is 11.3 Å². The maximum atomic E-state index is 6.01. The fourth-order valence-corrected chi connectivity index (χ4v) is 1.72. The minimum atomic E-state index is 0.618. The summed E-state index contributed by atoms with van der Waals surface area (Å²) in [6, 6.07) is 5.73. The highest BCUT2D eigenvalue weighted by Gasteiger charge is 2.01. The quantitative estimate of drug-likeness (QED) is 0.672. The van der Waals surface area contributed by atoms with E-state index in [4.69, 9.17) is 21.1 Å². The van der Waals surface area contributed by atoms with Crippen molar-refractivity contribution in [1.82, 2.24) is 0 Å². The van der Waals surface area contributed by atoms with Crippen LogP contribution in [0.3, 0.4) is 0 Å². The first kappa shape index (κ1) is 13.3. The molecule has 0 aliphatic heterocycles. The van der Waals surface area contributed by atoms with Crippen molar-refractivity contribution in [3.63, 3.8) is 0 Å². The Morgan fingerprint density at radius 1 is 1.25 bits per heavy atom. The second kappa shape index (κ2) is 7.53. The zero-order valence-electron chi connectivity index (χ0n) is 9.96. The number of methoxy groups -OCH3 is 1. The minimum Gasteiger partial charge on any atom is -0.495 e. The van der Waals surface area contributed by atoms with Crippen LogP contribution >= 0.6 is 11.6 Å². The number of benzene rings is 1. The first-order valence-electron chi connectivity index (χ1n) is 5.68. The van der Waals surface area contributed by atoms with Gasteiger partial charge >= 0.3 is 0 Å². The van der Waals surface area contributed by atoms with E-state index in [-0.39, 0.29) is 0 Å². The molecular formula is C13H19ClO2. The average Bonchev–Trinajstić information content (AvgIpc) is 2.29. The Labute approximate surface area is 103 Å². The molecule has 16 heavy (non-hydrogen) atoms. The molecule has 1 aromatic rings. The topological polar surface area (TPSA) is 18.5 Å². The Balaban J connectivity index is 2.34. The van der Waals surface area contributed by atoms with E-state index in [0.717, 1.165) is 18.6 Å². The van der Waals surface area contributed by atoms with Gasteiger partial charge in [0.05, 0.1) is 18.7 Å². The van der Waals surface area contributed by atoms with Crippen LogP contribution in [0.25, 0.3) is 0 Å². The van der Waals surface area contributed by atoms with Gasteiger partial charge in [-0.1, -0.05) is 37.4 Å². The largest absolute Gasteiger partial charge is 0.495 e. The van der Waals surface area contributed by atoms with Crippen molar-refractivity contribution in [2.24, 2.45) is 0 Å². The number of hydrogen-bond acceptors (Lipinski definition) is 2. The van der Waals surface area contributed by atoms with E-state index in [1.807, 2.05) is 18.2 Å². The summed E-state index contributed by atoms with van der Waals surface area (Å²) in [5, 5.41) is 0.636. The molecule has 1 rings (SSSR count). The maximum absolute atomic E-state index is 6.01. The lowest BCUT2D eigenvalue weighted by Gasteiger charge is -2.07. The molecule has 1 aromatic carbocycles. The van der Waals surface area contributed by atoms with E-state index in [2.05, 4.69) is 6.92 Å². The van der Waals surface area contributed by atoms with Gasteiger partial charge in [0.25, 0.3) is 0 Å². The SMILES string of the molecule is CCCCCOCc1ccc(OC)c(Cl)c1. The van der Waals surface area contributed by atoms with Crippen molar-refractivity contribution in [2.75, 3.05) is 13.7 Å². The molecule has 90 valence electrons. The first-order valence-corrected chi connectivity index (χ1v) is 6.06. The zero-order chi connectivity index (χ0) is 11.8. The molecule has 0 amide bonds. The van der Waals surface area contributed by atoms with Gasteiger partial charge in [0.15, 0.2) is 0 Å². The summed E-state index contributed by atoms with van der Waals surface area (Å²) in [4.78, 5) is 0. The molecule has 0 heterocycles. The molecule has 0 bridgehead atoms. The van der Waals surface area contributed by atoms with Crippen molar-refractivity contribution >= 4 is 11.6 Å². The van der Waals surface area contributed by atoms with E-state index in [1.54, 1.807) is 7.11 Å². The van der Waals surface area contributed by atoms with Crippen LogP contribution < -0.4 is 4.74 Å². The normalized spacial score (nSPS) is 10.4. The first-order chi connectivity index (χ1) is 7.77. The van der Waals surface area contributed by atoms with Crippen molar-refractivity contribution in [3.05, 3.63) is 28.8 Å². The summed E-state index contributed by atoms with van der Waals surface area (Å²) in [5.41, 5.74) is 1.09. The van der Waals surface area contributed by atoms with Gasteiger partial charge in [-0.15, -0.1) is 0 Å². The van der Waals surface area contributed by atoms with Crippen LogP contribution in [0.1, 0.15) is 31.7 Å². The molecule has 0 atom stereocenters. The highest BCUT2D eigenvalue weighted by atomic mass is 35.5. The number of hydrogen-bond donors (Lipinski definition) is 0. The molecule has 0 spiro atoms. The molecule has 0 N–H and O–H groups in total. The Bertz CT molecular complexity index is 313. The Morgan fingerprint density at radius 2 is 2.06 bits per heavy atom. The third-order valence-electron chi connectivity index (χ3n) is 2.38. The Kier molecular flexibility index (Phi) is 6.27. The Hall–Kier alpha value is -0.730. The molecule has 0 saturated heterocycles.